The van der Waals surface area contributed by atoms with Crippen molar-refractivity contribution in [1.29, 1.82) is 0 Å². The lowest BCUT2D eigenvalue weighted by Crippen LogP contribution is -2.22. The molecule has 2 aromatic carbocycles. The topological polar surface area (TPSA) is 247 Å². The number of benzene rings is 2. The Labute approximate surface area is 384 Å². The number of hydrogen-bond acceptors (Lipinski definition) is 15. The number of aromatic hydroxyl groups is 1. The van der Waals surface area contributed by atoms with E-state index in [0.717, 1.165) is 59.1 Å². The van der Waals surface area contributed by atoms with Crippen LogP contribution in [-0.2, 0) is 27.2 Å². The zero-order valence-corrected chi connectivity index (χ0v) is 36.9. The summed E-state index contributed by atoms with van der Waals surface area (Å²) in [7, 11) is 3.67. The molecule has 10 rings (SSSR count). The molecule has 19 heteroatoms. The molecule has 2 saturated carbocycles. The van der Waals surface area contributed by atoms with E-state index in [9.17, 15) is 19.8 Å². The lowest BCUT2D eigenvalue weighted by Gasteiger charge is -2.12. The highest BCUT2D eigenvalue weighted by atomic mass is 16.5. The van der Waals surface area contributed by atoms with Crippen molar-refractivity contribution in [2.24, 2.45) is 14.1 Å². The van der Waals surface area contributed by atoms with Gasteiger partial charge in [-0.15, -0.1) is 0 Å². The van der Waals surface area contributed by atoms with Gasteiger partial charge in [-0.2, -0.15) is 20.4 Å². The van der Waals surface area contributed by atoms with Crippen molar-refractivity contribution in [3.05, 3.63) is 154 Å². The van der Waals surface area contributed by atoms with Crippen LogP contribution in [0.1, 0.15) is 49.7 Å². The first-order valence-electron chi connectivity index (χ1n) is 21.8. The molecule has 0 amide bonds. The number of aliphatic hydroxyl groups excluding tert-OH is 3. The molecule has 19 nitrogen and oxygen atoms in total. The highest BCUT2D eigenvalue weighted by molar-refractivity contribution is 5.58. The van der Waals surface area contributed by atoms with Gasteiger partial charge in [0.1, 0.15) is 6.10 Å². The van der Waals surface area contributed by atoms with Crippen molar-refractivity contribution >= 4 is 0 Å². The van der Waals surface area contributed by atoms with Crippen LogP contribution in [0.25, 0.3) is 45.3 Å². The van der Waals surface area contributed by atoms with Crippen molar-refractivity contribution in [2.45, 2.75) is 76.0 Å². The molecule has 2 fully saturated rings. The number of aryl methyl sites for hydroxylation is 2. The number of rotatable bonds is 10. The van der Waals surface area contributed by atoms with Crippen LogP contribution in [0.15, 0.2) is 132 Å². The first-order valence-corrected chi connectivity index (χ1v) is 21.8. The van der Waals surface area contributed by atoms with Crippen LogP contribution >= 0.6 is 0 Å². The maximum absolute atomic E-state index is 12.4. The molecule has 0 saturated heterocycles. The fraction of sp³-hybridized carbons (Fsp3) is 0.292. The Kier molecular flexibility index (Phi) is 14.4. The molecule has 4 N–H and O–H groups in total. The molecule has 344 valence electrons. The van der Waals surface area contributed by atoms with Gasteiger partial charge in [0.25, 0.3) is 11.1 Å². The lowest BCUT2D eigenvalue weighted by molar-refractivity contribution is 0.137. The molecule has 67 heavy (non-hydrogen) atoms. The Morgan fingerprint density at radius 3 is 1.45 bits per heavy atom. The zero-order valence-electron chi connectivity index (χ0n) is 36.9. The quantitative estimate of drug-likeness (QED) is 0.150. The van der Waals surface area contributed by atoms with Crippen molar-refractivity contribution in [3.8, 4) is 56.8 Å². The molecular formula is C48H50N12O7. The zero-order chi connectivity index (χ0) is 46.9. The van der Waals surface area contributed by atoms with Crippen LogP contribution in [0, 0.1) is 0 Å². The SMILES string of the molecule is Cn1cc(-c2ccc(=O)n(Cc3cccc(-c4ncc(O)cn4)c3)n2)cn1.Cn1cc(-c2ccc(=O)n(Cc3cccc(-c4ncc(OC5CCC(O)C5)cn4)c3)n2)cn1.OC1CCC(O)C1. The summed E-state index contributed by atoms with van der Waals surface area (Å²) in [6.07, 6.45) is 16.8. The smallest absolute Gasteiger partial charge is 0.267 e. The summed E-state index contributed by atoms with van der Waals surface area (Å²) in [5.41, 5.74) is 6.14. The molecule has 2 aliphatic rings. The van der Waals surface area contributed by atoms with E-state index in [4.69, 9.17) is 14.9 Å². The molecule has 2 aliphatic carbocycles. The van der Waals surface area contributed by atoms with Crippen molar-refractivity contribution in [3.63, 3.8) is 0 Å². The van der Waals surface area contributed by atoms with E-state index < -0.39 is 0 Å². The van der Waals surface area contributed by atoms with E-state index in [1.165, 1.54) is 33.9 Å². The van der Waals surface area contributed by atoms with E-state index in [2.05, 4.69) is 40.3 Å². The van der Waals surface area contributed by atoms with Gasteiger partial charge in [-0.05, 0) is 67.5 Å². The summed E-state index contributed by atoms with van der Waals surface area (Å²) in [5.74, 6) is 1.67. The molecule has 8 aromatic rings. The number of aromatic nitrogens is 12. The fourth-order valence-corrected chi connectivity index (χ4v) is 7.65. The Morgan fingerprint density at radius 1 is 0.567 bits per heavy atom. The van der Waals surface area contributed by atoms with Crippen molar-refractivity contribution in [2.75, 3.05) is 0 Å². The summed E-state index contributed by atoms with van der Waals surface area (Å²) >= 11 is 0. The summed E-state index contributed by atoms with van der Waals surface area (Å²) in [6.45, 7) is 0.644. The first-order chi connectivity index (χ1) is 32.4. The first kappa shape index (κ1) is 45.8. The van der Waals surface area contributed by atoms with Gasteiger partial charge < -0.3 is 25.2 Å². The van der Waals surface area contributed by atoms with Crippen molar-refractivity contribution < 1.29 is 25.2 Å². The average Bonchev–Trinajstić information content (AvgIpc) is 4.15. The molecule has 6 aromatic heterocycles. The predicted octanol–water partition coefficient (Wildman–Crippen LogP) is 4.19. The molecule has 0 bridgehead atoms. The number of aliphatic hydroxyl groups is 3. The van der Waals surface area contributed by atoms with Crippen LogP contribution in [0.3, 0.4) is 0 Å². The molecule has 0 spiro atoms. The highest BCUT2D eigenvalue weighted by Crippen LogP contribution is 2.26. The van der Waals surface area contributed by atoms with E-state index in [1.807, 2.05) is 75.0 Å². The van der Waals surface area contributed by atoms with Gasteiger partial charge in [0.15, 0.2) is 23.1 Å². The third-order valence-corrected chi connectivity index (χ3v) is 11.1. The standard InChI is InChI=1S/C24H24N6O3.C19H16N6O2.C5H10O2/c1-29-15-18(11-27-29)22-7-8-23(32)30(28-22)14-16-3-2-4-17(9-16)24-25-12-21(13-26-24)33-20-6-5-19(31)10-20;1-24-12-15(8-22-24)17-5-6-18(27)25(23-17)11-13-3-2-4-14(7-13)19-20-9-16(26)10-21-19;6-4-1-2-5(7)3-4/h2-4,7-9,11-13,15,19-20,31H,5-6,10,14H2,1H3;2-10,12,26H,11H2,1H3;4-7H,1-3H2. The number of hydrogen-bond donors (Lipinski definition) is 4. The van der Waals surface area contributed by atoms with Crippen LogP contribution < -0.4 is 15.9 Å². The number of nitrogens with zero attached hydrogens (tertiary/aromatic N) is 12. The van der Waals surface area contributed by atoms with Gasteiger partial charge in [-0.3, -0.25) is 19.0 Å². The van der Waals surface area contributed by atoms with Crippen LogP contribution in [0.2, 0.25) is 0 Å². The van der Waals surface area contributed by atoms with E-state index >= 15 is 0 Å². The van der Waals surface area contributed by atoms with Gasteiger partial charge in [-0.25, -0.2) is 29.3 Å². The van der Waals surface area contributed by atoms with E-state index in [-0.39, 0.29) is 41.3 Å². The third-order valence-electron chi connectivity index (χ3n) is 11.1. The molecule has 6 heterocycles. The summed E-state index contributed by atoms with van der Waals surface area (Å²) in [4.78, 5) is 41.7. The Hall–Kier alpha value is -7.74. The Morgan fingerprint density at radius 2 is 1.03 bits per heavy atom. The number of ether oxygens (including phenoxy) is 1. The second-order valence-electron chi connectivity index (χ2n) is 16.5. The van der Waals surface area contributed by atoms with Gasteiger partial charge in [0.05, 0.1) is 80.0 Å². The Balaban J connectivity index is 0.000000161. The molecule has 0 aliphatic heterocycles. The van der Waals surface area contributed by atoms with Gasteiger partial charge in [0, 0.05) is 67.3 Å². The lowest BCUT2D eigenvalue weighted by atomic mass is 10.1. The van der Waals surface area contributed by atoms with Crippen molar-refractivity contribution in [1.82, 2.24) is 59.1 Å². The maximum Gasteiger partial charge on any atom is 0.267 e. The van der Waals surface area contributed by atoms with Crippen LogP contribution in [-0.4, -0.2) is 104 Å². The van der Waals surface area contributed by atoms with Crippen LogP contribution in [0.5, 0.6) is 11.5 Å². The Bertz CT molecular complexity index is 3020. The van der Waals surface area contributed by atoms with Crippen LogP contribution in [0.4, 0.5) is 0 Å². The van der Waals surface area contributed by atoms with E-state index in [1.54, 1.807) is 46.3 Å². The minimum atomic E-state index is -0.287. The largest absolute Gasteiger partial charge is 0.505 e. The van der Waals surface area contributed by atoms with Gasteiger partial charge >= 0.3 is 0 Å². The minimum Gasteiger partial charge on any atom is -0.505 e. The second kappa shape index (κ2) is 21.0. The minimum absolute atomic E-state index is 0.00557. The second-order valence-corrected chi connectivity index (χ2v) is 16.5. The third kappa shape index (κ3) is 12.3. The average molecular weight is 907 g/mol. The highest BCUT2D eigenvalue weighted by Gasteiger charge is 2.24. The van der Waals surface area contributed by atoms with Gasteiger partial charge in [0.2, 0.25) is 0 Å². The predicted molar refractivity (Wildman–Crippen MR) is 246 cm³/mol. The summed E-state index contributed by atoms with van der Waals surface area (Å²) in [6, 6.07) is 21.7. The monoisotopic (exact) mass is 906 g/mol. The molecule has 4 atom stereocenters. The van der Waals surface area contributed by atoms with E-state index in [0.29, 0.717) is 54.7 Å². The fourth-order valence-electron chi connectivity index (χ4n) is 7.65. The molecule has 4 unspecified atom stereocenters. The van der Waals surface area contributed by atoms with Gasteiger partial charge in [-0.1, -0.05) is 36.4 Å². The molecule has 0 radical (unpaired) electrons. The molecular weight excluding hydrogens is 857 g/mol. The normalized spacial score (nSPS) is 17.6. The summed E-state index contributed by atoms with van der Waals surface area (Å²) in [5, 5.41) is 53.7. The maximum atomic E-state index is 12.4. The summed E-state index contributed by atoms with van der Waals surface area (Å²) < 4.78 is 12.1.